The number of nitrogens with one attached hydrogen (secondary N) is 2. The molecule has 0 aromatic carbocycles. The van der Waals surface area contributed by atoms with E-state index >= 15 is 0 Å². The van der Waals surface area contributed by atoms with Crippen molar-refractivity contribution in [2.45, 2.75) is 40.2 Å². The minimum absolute atomic E-state index is 0.0601. The third-order valence-corrected chi connectivity index (χ3v) is 4.69. The average molecular weight is 376 g/mol. The van der Waals surface area contributed by atoms with E-state index in [1.807, 2.05) is 6.92 Å². The van der Waals surface area contributed by atoms with Crippen LogP contribution in [0.4, 0.5) is 22.1 Å². The lowest BCUT2D eigenvalue weighted by molar-refractivity contribution is -0.117. The molecular formula is C18H28N6O3. The normalized spacial score (nSPS) is 19.4. The number of aryl methyl sites for hydroxylation is 1. The molecule has 2 amide bonds. The lowest BCUT2D eigenvalue weighted by Crippen LogP contribution is -2.50. The predicted molar refractivity (Wildman–Crippen MR) is 103 cm³/mol. The highest BCUT2D eigenvalue weighted by Crippen LogP contribution is 2.35. The maximum atomic E-state index is 12.5. The number of ether oxygens (including phenoxy) is 1. The van der Waals surface area contributed by atoms with Crippen LogP contribution in [0.15, 0.2) is 0 Å². The zero-order valence-electron chi connectivity index (χ0n) is 16.4. The van der Waals surface area contributed by atoms with Crippen LogP contribution < -0.4 is 15.5 Å². The first kappa shape index (κ1) is 19.2. The fourth-order valence-electron chi connectivity index (χ4n) is 3.40. The van der Waals surface area contributed by atoms with Crippen molar-refractivity contribution in [2.24, 2.45) is 5.92 Å². The van der Waals surface area contributed by atoms with Gasteiger partial charge in [-0.05, 0) is 26.2 Å². The van der Waals surface area contributed by atoms with Crippen LogP contribution in [-0.4, -0.2) is 65.7 Å². The van der Waals surface area contributed by atoms with Crippen LogP contribution in [0.3, 0.4) is 0 Å². The number of nitrogens with zero attached hydrogens (tertiary/aromatic N) is 4. The predicted octanol–water partition coefficient (Wildman–Crippen LogP) is 1.84. The molecule has 2 aliphatic rings. The first-order valence-electron chi connectivity index (χ1n) is 9.51. The van der Waals surface area contributed by atoms with Crippen LogP contribution in [0.25, 0.3) is 0 Å². The Bertz CT molecular complexity index is 715. The average Bonchev–Trinajstić information content (AvgIpc) is 2.62. The number of fused-ring (bicyclic) bond motifs is 1. The van der Waals surface area contributed by atoms with Gasteiger partial charge < -0.3 is 25.2 Å². The molecular weight excluding hydrogens is 348 g/mol. The van der Waals surface area contributed by atoms with Crippen molar-refractivity contribution in [3.8, 4) is 0 Å². The number of rotatable bonds is 4. The molecule has 9 heteroatoms. The fraction of sp³-hybridized carbons (Fsp3) is 0.667. The van der Waals surface area contributed by atoms with Gasteiger partial charge in [0, 0.05) is 26.2 Å². The fourth-order valence-corrected chi connectivity index (χ4v) is 3.40. The SMILES string of the molecule is CCOC(=O)N1CCN(c2nc(C)nc3c2NC(=O)C(CC(C)C)N3)CC1. The van der Waals surface area contributed by atoms with E-state index in [1.54, 1.807) is 11.8 Å². The van der Waals surface area contributed by atoms with Gasteiger partial charge in [0.1, 0.15) is 17.6 Å². The molecule has 0 aliphatic carbocycles. The summed E-state index contributed by atoms with van der Waals surface area (Å²) >= 11 is 0. The summed E-state index contributed by atoms with van der Waals surface area (Å²) in [6.45, 7) is 10.5. The maximum Gasteiger partial charge on any atom is 0.409 e. The number of carbonyl (C=O) groups is 2. The zero-order chi connectivity index (χ0) is 19.6. The molecule has 3 rings (SSSR count). The van der Waals surface area contributed by atoms with Gasteiger partial charge in [0.05, 0.1) is 6.61 Å². The Balaban J connectivity index is 1.78. The lowest BCUT2D eigenvalue weighted by atomic mass is 10.0. The highest BCUT2D eigenvalue weighted by Gasteiger charge is 2.32. The summed E-state index contributed by atoms with van der Waals surface area (Å²) < 4.78 is 5.07. The van der Waals surface area contributed by atoms with E-state index in [1.165, 1.54) is 0 Å². The van der Waals surface area contributed by atoms with Crippen LogP contribution in [0.2, 0.25) is 0 Å². The highest BCUT2D eigenvalue weighted by atomic mass is 16.6. The Kier molecular flexibility index (Phi) is 5.67. The maximum absolute atomic E-state index is 12.5. The molecule has 9 nitrogen and oxygen atoms in total. The van der Waals surface area contributed by atoms with Crippen molar-refractivity contribution in [1.82, 2.24) is 14.9 Å². The summed E-state index contributed by atoms with van der Waals surface area (Å²) in [5.74, 6) is 2.34. The molecule has 1 aromatic heterocycles. The Labute approximate surface area is 159 Å². The Morgan fingerprint density at radius 3 is 2.59 bits per heavy atom. The van der Waals surface area contributed by atoms with E-state index in [0.29, 0.717) is 61.9 Å². The molecule has 1 unspecified atom stereocenters. The summed E-state index contributed by atoms with van der Waals surface area (Å²) in [7, 11) is 0. The summed E-state index contributed by atoms with van der Waals surface area (Å²) in [5, 5.41) is 6.26. The van der Waals surface area contributed by atoms with Gasteiger partial charge in [-0.15, -0.1) is 0 Å². The topological polar surface area (TPSA) is 99.7 Å². The van der Waals surface area contributed by atoms with E-state index in [0.717, 1.165) is 6.42 Å². The van der Waals surface area contributed by atoms with Gasteiger partial charge in [0.25, 0.3) is 0 Å². The number of anilines is 3. The van der Waals surface area contributed by atoms with Crippen molar-refractivity contribution in [3.63, 3.8) is 0 Å². The first-order chi connectivity index (χ1) is 12.9. The molecule has 1 atom stereocenters. The van der Waals surface area contributed by atoms with Gasteiger partial charge in [-0.1, -0.05) is 13.8 Å². The molecule has 0 bridgehead atoms. The van der Waals surface area contributed by atoms with Crippen molar-refractivity contribution < 1.29 is 14.3 Å². The molecule has 148 valence electrons. The van der Waals surface area contributed by atoms with Crippen molar-refractivity contribution in [2.75, 3.05) is 48.3 Å². The van der Waals surface area contributed by atoms with Crippen LogP contribution in [0, 0.1) is 12.8 Å². The van der Waals surface area contributed by atoms with Gasteiger partial charge in [-0.3, -0.25) is 4.79 Å². The summed E-state index contributed by atoms with van der Waals surface area (Å²) in [6.07, 6.45) is 0.451. The third kappa shape index (κ3) is 4.23. The number of piperazine rings is 1. The van der Waals surface area contributed by atoms with Crippen molar-refractivity contribution in [1.29, 1.82) is 0 Å². The number of carbonyl (C=O) groups excluding carboxylic acids is 2. The van der Waals surface area contributed by atoms with Crippen LogP contribution in [0.1, 0.15) is 33.0 Å². The monoisotopic (exact) mass is 376 g/mol. The van der Waals surface area contributed by atoms with Gasteiger partial charge in [-0.25, -0.2) is 14.8 Å². The molecule has 3 heterocycles. The van der Waals surface area contributed by atoms with Crippen LogP contribution in [-0.2, 0) is 9.53 Å². The lowest BCUT2D eigenvalue weighted by Gasteiger charge is -2.37. The van der Waals surface area contributed by atoms with E-state index in [-0.39, 0.29) is 18.0 Å². The van der Waals surface area contributed by atoms with Gasteiger partial charge >= 0.3 is 6.09 Å². The van der Waals surface area contributed by atoms with Crippen molar-refractivity contribution >= 4 is 29.3 Å². The second kappa shape index (κ2) is 7.98. The molecule has 0 saturated carbocycles. The highest BCUT2D eigenvalue weighted by molar-refractivity contribution is 6.05. The largest absolute Gasteiger partial charge is 0.450 e. The Hall–Kier alpha value is -2.58. The zero-order valence-corrected chi connectivity index (χ0v) is 16.4. The molecule has 1 aromatic rings. The second-order valence-electron chi connectivity index (χ2n) is 7.31. The van der Waals surface area contributed by atoms with E-state index in [4.69, 9.17) is 4.74 Å². The Morgan fingerprint density at radius 2 is 1.96 bits per heavy atom. The van der Waals surface area contributed by atoms with Gasteiger partial charge in [-0.2, -0.15) is 0 Å². The van der Waals surface area contributed by atoms with E-state index in [9.17, 15) is 9.59 Å². The standard InChI is InChI=1S/C18H28N6O3/c1-5-27-18(26)24-8-6-23(7-9-24)16-14-15(19-12(4)20-16)21-13(10-11(2)3)17(25)22-14/h11,13H,5-10H2,1-4H3,(H,22,25)(H,19,20,21). The molecule has 27 heavy (non-hydrogen) atoms. The molecule has 2 N–H and O–H groups in total. The minimum atomic E-state index is -0.291. The molecule has 0 radical (unpaired) electrons. The van der Waals surface area contributed by atoms with E-state index < -0.39 is 0 Å². The molecule has 1 saturated heterocycles. The molecule has 1 fully saturated rings. The second-order valence-corrected chi connectivity index (χ2v) is 7.31. The van der Waals surface area contributed by atoms with Crippen LogP contribution >= 0.6 is 0 Å². The number of hydrogen-bond acceptors (Lipinski definition) is 7. The van der Waals surface area contributed by atoms with Gasteiger partial charge in [0.15, 0.2) is 11.6 Å². The van der Waals surface area contributed by atoms with Crippen molar-refractivity contribution in [3.05, 3.63) is 5.82 Å². The quantitative estimate of drug-likeness (QED) is 0.827. The molecule has 2 aliphatic heterocycles. The number of hydrogen-bond donors (Lipinski definition) is 2. The van der Waals surface area contributed by atoms with E-state index in [2.05, 4.69) is 39.3 Å². The number of amides is 2. The summed E-state index contributed by atoms with van der Waals surface area (Å²) in [4.78, 5) is 37.2. The minimum Gasteiger partial charge on any atom is -0.450 e. The smallest absolute Gasteiger partial charge is 0.409 e. The summed E-state index contributed by atoms with van der Waals surface area (Å²) in [6, 6.07) is -0.291. The van der Waals surface area contributed by atoms with Crippen LogP contribution in [0.5, 0.6) is 0 Å². The Morgan fingerprint density at radius 1 is 1.26 bits per heavy atom. The number of aromatic nitrogens is 2. The first-order valence-corrected chi connectivity index (χ1v) is 9.51. The van der Waals surface area contributed by atoms with Gasteiger partial charge in [0.2, 0.25) is 5.91 Å². The third-order valence-electron chi connectivity index (χ3n) is 4.69. The summed E-state index contributed by atoms with van der Waals surface area (Å²) in [5.41, 5.74) is 0.621. The molecule has 0 spiro atoms.